The van der Waals surface area contributed by atoms with E-state index in [2.05, 4.69) is 46.4 Å². The number of hydrogen-bond acceptors (Lipinski definition) is 5. The van der Waals surface area contributed by atoms with Gasteiger partial charge in [-0.1, -0.05) is 11.6 Å². The van der Waals surface area contributed by atoms with Crippen LogP contribution >= 0.6 is 11.6 Å². The number of rotatable bonds is 3. The molecule has 0 amide bonds. The fourth-order valence-corrected chi connectivity index (χ4v) is 2.49. The van der Waals surface area contributed by atoms with Crippen molar-refractivity contribution in [2.45, 2.75) is 26.3 Å². The van der Waals surface area contributed by atoms with Gasteiger partial charge >= 0.3 is 0 Å². The van der Waals surface area contributed by atoms with E-state index in [0.717, 1.165) is 17.0 Å². The molecule has 0 saturated heterocycles. The van der Waals surface area contributed by atoms with Crippen LogP contribution in [0.5, 0.6) is 0 Å². The van der Waals surface area contributed by atoms with E-state index in [-0.39, 0.29) is 5.54 Å². The number of hydrogen-bond donors (Lipinski definition) is 2. The second-order valence-electron chi connectivity index (χ2n) is 6.30. The SMILES string of the molecule is CNc1ncc(Cl)c(-c2ccc3ncc(NC(C)(C)C)n3c2)n1. The highest BCUT2D eigenvalue weighted by molar-refractivity contribution is 6.32. The van der Waals surface area contributed by atoms with Crippen LogP contribution in [0.2, 0.25) is 5.02 Å². The molecular formula is C16H19ClN6. The molecule has 3 aromatic rings. The number of nitrogens with zero attached hydrogens (tertiary/aromatic N) is 4. The smallest absolute Gasteiger partial charge is 0.223 e. The van der Waals surface area contributed by atoms with Crippen LogP contribution < -0.4 is 10.6 Å². The van der Waals surface area contributed by atoms with Crippen molar-refractivity contribution in [1.82, 2.24) is 19.4 Å². The summed E-state index contributed by atoms with van der Waals surface area (Å²) in [5.74, 6) is 1.46. The molecule has 0 saturated carbocycles. The van der Waals surface area contributed by atoms with Crippen molar-refractivity contribution in [3.8, 4) is 11.3 Å². The summed E-state index contributed by atoms with van der Waals surface area (Å²) in [5.41, 5.74) is 2.39. The molecule has 3 rings (SSSR count). The summed E-state index contributed by atoms with van der Waals surface area (Å²) < 4.78 is 2.00. The number of aromatic nitrogens is 4. The predicted molar refractivity (Wildman–Crippen MR) is 94.2 cm³/mol. The maximum absolute atomic E-state index is 6.27. The van der Waals surface area contributed by atoms with Crippen LogP contribution in [0.3, 0.4) is 0 Å². The van der Waals surface area contributed by atoms with E-state index in [0.29, 0.717) is 16.7 Å². The van der Waals surface area contributed by atoms with Crippen LogP contribution in [0, 0.1) is 0 Å². The Morgan fingerprint density at radius 1 is 1.13 bits per heavy atom. The van der Waals surface area contributed by atoms with Gasteiger partial charge in [-0.15, -0.1) is 0 Å². The Balaban J connectivity index is 2.11. The monoisotopic (exact) mass is 330 g/mol. The molecule has 120 valence electrons. The normalized spacial score (nSPS) is 11.7. The van der Waals surface area contributed by atoms with Crippen LogP contribution in [0.4, 0.5) is 11.8 Å². The van der Waals surface area contributed by atoms with Gasteiger partial charge in [0.05, 0.1) is 23.1 Å². The van der Waals surface area contributed by atoms with Crippen molar-refractivity contribution in [2.75, 3.05) is 17.7 Å². The minimum atomic E-state index is -0.0577. The molecule has 23 heavy (non-hydrogen) atoms. The molecule has 6 nitrogen and oxygen atoms in total. The van der Waals surface area contributed by atoms with Crippen LogP contribution in [-0.4, -0.2) is 31.9 Å². The molecule has 0 spiro atoms. The third kappa shape index (κ3) is 3.22. The molecule has 0 fully saturated rings. The van der Waals surface area contributed by atoms with Crippen LogP contribution in [0.25, 0.3) is 16.9 Å². The average molecular weight is 331 g/mol. The lowest BCUT2D eigenvalue weighted by Crippen LogP contribution is -2.26. The first kappa shape index (κ1) is 15.6. The van der Waals surface area contributed by atoms with Crippen molar-refractivity contribution in [2.24, 2.45) is 0 Å². The first-order valence-corrected chi connectivity index (χ1v) is 7.71. The second-order valence-corrected chi connectivity index (χ2v) is 6.71. The third-order valence-corrected chi connectivity index (χ3v) is 3.53. The first-order valence-electron chi connectivity index (χ1n) is 7.33. The van der Waals surface area contributed by atoms with Gasteiger partial charge in [-0.2, -0.15) is 0 Å². The van der Waals surface area contributed by atoms with Gasteiger partial charge in [-0.3, -0.25) is 4.40 Å². The molecule has 0 aromatic carbocycles. The fourth-order valence-electron chi connectivity index (χ4n) is 2.29. The van der Waals surface area contributed by atoms with Crippen molar-refractivity contribution < 1.29 is 0 Å². The summed E-state index contributed by atoms with van der Waals surface area (Å²) >= 11 is 6.27. The van der Waals surface area contributed by atoms with Crippen LogP contribution in [-0.2, 0) is 0 Å². The first-order chi connectivity index (χ1) is 10.9. The van der Waals surface area contributed by atoms with E-state index in [1.807, 2.05) is 28.9 Å². The van der Waals surface area contributed by atoms with Crippen molar-refractivity contribution >= 4 is 29.0 Å². The quantitative estimate of drug-likeness (QED) is 0.766. The molecule has 7 heteroatoms. The van der Waals surface area contributed by atoms with E-state index in [9.17, 15) is 0 Å². The summed E-state index contributed by atoms with van der Waals surface area (Å²) in [6.45, 7) is 6.32. The van der Waals surface area contributed by atoms with E-state index in [1.54, 1.807) is 13.2 Å². The third-order valence-electron chi connectivity index (χ3n) is 3.25. The zero-order chi connectivity index (χ0) is 16.6. The van der Waals surface area contributed by atoms with Crippen molar-refractivity contribution in [3.05, 3.63) is 35.7 Å². The minimum absolute atomic E-state index is 0.0577. The highest BCUT2D eigenvalue weighted by atomic mass is 35.5. The molecule has 0 radical (unpaired) electrons. The standard InChI is InChI=1S/C16H19ClN6/c1-16(2,3)22-13-8-19-12-6-5-10(9-23(12)13)14-11(17)7-20-15(18-4)21-14/h5-9,22H,1-4H3,(H,18,20,21). The van der Waals surface area contributed by atoms with Gasteiger partial charge in [-0.25, -0.2) is 15.0 Å². The van der Waals surface area contributed by atoms with Gasteiger partial charge in [0, 0.05) is 24.3 Å². The molecular weight excluding hydrogens is 312 g/mol. The topological polar surface area (TPSA) is 67.1 Å². The van der Waals surface area contributed by atoms with Crippen molar-refractivity contribution in [1.29, 1.82) is 0 Å². The summed E-state index contributed by atoms with van der Waals surface area (Å²) in [6, 6.07) is 3.90. The average Bonchev–Trinajstić information content (AvgIpc) is 2.88. The summed E-state index contributed by atoms with van der Waals surface area (Å²) in [5, 5.41) is 6.88. The number of nitrogens with one attached hydrogen (secondary N) is 2. The summed E-state index contributed by atoms with van der Waals surface area (Å²) in [7, 11) is 1.78. The Labute approximate surface area is 139 Å². The molecule has 0 unspecified atom stereocenters. The number of anilines is 2. The Morgan fingerprint density at radius 2 is 1.91 bits per heavy atom. The molecule has 3 heterocycles. The van der Waals surface area contributed by atoms with Gasteiger partial charge in [0.1, 0.15) is 11.5 Å². The van der Waals surface area contributed by atoms with E-state index < -0.39 is 0 Å². The Kier molecular flexibility index (Phi) is 3.85. The van der Waals surface area contributed by atoms with Crippen LogP contribution in [0.15, 0.2) is 30.7 Å². The number of halogens is 1. The zero-order valence-corrected chi connectivity index (χ0v) is 14.3. The maximum atomic E-state index is 6.27. The van der Waals surface area contributed by atoms with Crippen molar-refractivity contribution in [3.63, 3.8) is 0 Å². The van der Waals surface area contributed by atoms with Gasteiger partial charge in [0.25, 0.3) is 0 Å². The highest BCUT2D eigenvalue weighted by Crippen LogP contribution is 2.28. The van der Waals surface area contributed by atoms with E-state index in [4.69, 9.17) is 11.6 Å². The Hall–Kier alpha value is -2.34. The lowest BCUT2D eigenvalue weighted by Gasteiger charge is -2.21. The van der Waals surface area contributed by atoms with E-state index >= 15 is 0 Å². The van der Waals surface area contributed by atoms with Gasteiger partial charge in [-0.05, 0) is 32.9 Å². The lowest BCUT2D eigenvalue weighted by molar-refractivity contribution is 0.629. The van der Waals surface area contributed by atoms with Gasteiger partial charge in [0.15, 0.2) is 0 Å². The Bertz CT molecular complexity index is 849. The molecule has 0 aliphatic heterocycles. The number of pyridine rings is 1. The minimum Gasteiger partial charge on any atom is -0.365 e. The number of fused-ring (bicyclic) bond motifs is 1. The molecule has 2 N–H and O–H groups in total. The van der Waals surface area contributed by atoms with Gasteiger partial charge in [0.2, 0.25) is 5.95 Å². The lowest BCUT2D eigenvalue weighted by atomic mass is 10.1. The zero-order valence-electron chi connectivity index (χ0n) is 13.6. The van der Waals surface area contributed by atoms with E-state index in [1.165, 1.54) is 0 Å². The summed E-state index contributed by atoms with van der Waals surface area (Å²) in [6.07, 6.45) is 5.40. The molecule has 0 atom stereocenters. The van der Waals surface area contributed by atoms with Crippen LogP contribution in [0.1, 0.15) is 20.8 Å². The Morgan fingerprint density at radius 3 is 2.61 bits per heavy atom. The fraction of sp³-hybridized carbons (Fsp3) is 0.312. The number of imidazole rings is 1. The summed E-state index contributed by atoms with van der Waals surface area (Å²) in [4.78, 5) is 13.0. The maximum Gasteiger partial charge on any atom is 0.223 e. The highest BCUT2D eigenvalue weighted by Gasteiger charge is 2.14. The molecule has 0 aliphatic carbocycles. The second kappa shape index (κ2) is 5.70. The molecule has 0 bridgehead atoms. The largest absolute Gasteiger partial charge is 0.365 e. The molecule has 3 aromatic heterocycles. The van der Waals surface area contributed by atoms with Gasteiger partial charge < -0.3 is 10.6 Å². The predicted octanol–water partition coefficient (Wildman–Crippen LogP) is 3.70. The molecule has 0 aliphatic rings.